The molecule has 7 aromatic carbocycles. The Balaban J connectivity index is 1.10. The predicted octanol–water partition coefficient (Wildman–Crippen LogP) is 10.8. The summed E-state index contributed by atoms with van der Waals surface area (Å²) in [6, 6.07) is 55.7. The molecular weight excluding hydrogens is 506 g/mol. The molecule has 1 heteroatoms. The minimum Gasteiger partial charge on any atom is -0.309 e. The molecule has 0 amide bonds. The van der Waals surface area contributed by atoms with E-state index >= 15 is 0 Å². The fraction of sp³-hybridized carbons (Fsp3) is 0.0244. The van der Waals surface area contributed by atoms with E-state index in [9.17, 15) is 0 Å². The number of hydrogen-bond donors (Lipinski definition) is 0. The summed E-state index contributed by atoms with van der Waals surface area (Å²) in [6.45, 7) is 0. The van der Waals surface area contributed by atoms with E-state index in [4.69, 9.17) is 0 Å². The van der Waals surface area contributed by atoms with Gasteiger partial charge in [0.1, 0.15) is 0 Å². The Morgan fingerprint density at radius 1 is 0.381 bits per heavy atom. The summed E-state index contributed by atoms with van der Waals surface area (Å²) >= 11 is 0. The zero-order chi connectivity index (χ0) is 27.6. The third-order valence-electron chi connectivity index (χ3n) is 8.98. The van der Waals surface area contributed by atoms with Crippen molar-refractivity contribution in [2.24, 2.45) is 0 Å². The smallest absolute Gasteiger partial charge is 0.0541 e. The molecule has 0 N–H and O–H groups in total. The molecule has 1 nitrogen and oxygen atoms in total. The fourth-order valence-corrected chi connectivity index (χ4v) is 6.95. The Morgan fingerprint density at radius 2 is 0.952 bits per heavy atom. The second kappa shape index (κ2) is 9.06. The highest BCUT2D eigenvalue weighted by Gasteiger charge is 2.20. The number of para-hydroxylation sites is 2. The van der Waals surface area contributed by atoms with Gasteiger partial charge in [0.25, 0.3) is 0 Å². The van der Waals surface area contributed by atoms with E-state index in [1.807, 2.05) is 0 Å². The van der Waals surface area contributed by atoms with Crippen LogP contribution in [0, 0.1) is 0 Å². The van der Waals surface area contributed by atoms with E-state index in [0.717, 1.165) is 6.42 Å². The van der Waals surface area contributed by atoms with E-state index in [1.54, 1.807) is 0 Å². The average Bonchev–Trinajstić information content (AvgIpc) is 3.59. The molecule has 0 bridgehead atoms. The van der Waals surface area contributed by atoms with Crippen LogP contribution in [0.5, 0.6) is 0 Å². The van der Waals surface area contributed by atoms with Gasteiger partial charge in [-0.2, -0.15) is 0 Å². The monoisotopic (exact) mass is 533 g/mol. The van der Waals surface area contributed by atoms with Crippen molar-refractivity contribution in [1.29, 1.82) is 0 Å². The Bertz CT molecular complexity index is 2320. The number of rotatable bonds is 3. The van der Waals surface area contributed by atoms with Crippen LogP contribution in [-0.2, 0) is 6.42 Å². The van der Waals surface area contributed by atoms with E-state index in [1.165, 1.54) is 82.8 Å². The lowest BCUT2D eigenvalue weighted by atomic mass is 9.96. The first-order chi connectivity index (χ1) is 20.8. The first-order valence-corrected chi connectivity index (χ1v) is 14.6. The highest BCUT2D eigenvalue weighted by Crippen LogP contribution is 2.41. The van der Waals surface area contributed by atoms with Crippen molar-refractivity contribution >= 4 is 32.6 Å². The van der Waals surface area contributed by atoms with Crippen LogP contribution in [0.1, 0.15) is 11.1 Å². The molecule has 1 heterocycles. The van der Waals surface area contributed by atoms with Crippen molar-refractivity contribution < 1.29 is 0 Å². The van der Waals surface area contributed by atoms with Crippen molar-refractivity contribution in [2.75, 3.05) is 0 Å². The third-order valence-corrected chi connectivity index (χ3v) is 8.98. The van der Waals surface area contributed by atoms with Gasteiger partial charge in [0.2, 0.25) is 0 Å². The zero-order valence-electron chi connectivity index (χ0n) is 23.1. The van der Waals surface area contributed by atoms with Crippen molar-refractivity contribution in [3.05, 3.63) is 163 Å². The highest BCUT2D eigenvalue weighted by atomic mass is 15.0. The summed E-state index contributed by atoms with van der Waals surface area (Å²) in [6.07, 6.45) is 0.968. The molecule has 9 rings (SSSR count). The normalized spacial score (nSPS) is 12.2. The van der Waals surface area contributed by atoms with Gasteiger partial charge < -0.3 is 4.57 Å². The molecular formula is C41H27N. The van der Waals surface area contributed by atoms with Gasteiger partial charge in [0.05, 0.1) is 11.0 Å². The van der Waals surface area contributed by atoms with Crippen LogP contribution >= 0.6 is 0 Å². The molecule has 0 fully saturated rings. The van der Waals surface area contributed by atoms with Crippen molar-refractivity contribution in [3.63, 3.8) is 0 Å². The Kier molecular flexibility index (Phi) is 5.03. The molecule has 1 aromatic heterocycles. The summed E-state index contributed by atoms with van der Waals surface area (Å²) in [5, 5.41) is 5.14. The number of hydrogen-bond acceptors (Lipinski definition) is 0. The molecule has 0 radical (unpaired) electrons. The first-order valence-electron chi connectivity index (χ1n) is 14.6. The largest absolute Gasteiger partial charge is 0.309 e. The van der Waals surface area contributed by atoms with E-state index in [0.29, 0.717) is 0 Å². The Labute approximate surface area is 244 Å². The average molecular weight is 534 g/mol. The van der Waals surface area contributed by atoms with Gasteiger partial charge in [0, 0.05) is 16.5 Å². The van der Waals surface area contributed by atoms with Crippen LogP contribution in [-0.4, -0.2) is 4.57 Å². The van der Waals surface area contributed by atoms with Gasteiger partial charge >= 0.3 is 0 Å². The predicted molar refractivity (Wildman–Crippen MR) is 177 cm³/mol. The zero-order valence-corrected chi connectivity index (χ0v) is 23.1. The van der Waals surface area contributed by atoms with Gasteiger partial charge in [-0.1, -0.05) is 115 Å². The van der Waals surface area contributed by atoms with Crippen LogP contribution in [0.25, 0.3) is 71.6 Å². The molecule has 0 aliphatic heterocycles. The molecule has 196 valence electrons. The molecule has 0 unspecified atom stereocenters. The van der Waals surface area contributed by atoms with Crippen LogP contribution in [0.4, 0.5) is 0 Å². The Morgan fingerprint density at radius 3 is 1.74 bits per heavy atom. The van der Waals surface area contributed by atoms with Gasteiger partial charge in [0.15, 0.2) is 0 Å². The lowest BCUT2D eigenvalue weighted by molar-refractivity contribution is 1.18. The molecule has 42 heavy (non-hydrogen) atoms. The molecule has 1 aliphatic carbocycles. The summed E-state index contributed by atoms with van der Waals surface area (Å²) in [7, 11) is 0. The van der Waals surface area contributed by atoms with Crippen LogP contribution in [0.2, 0.25) is 0 Å². The summed E-state index contributed by atoms with van der Waals surface area (Å²) in [5.41, 5.74) is 14.3. The van der Waals surface area contributed by atoms with Gasteiger partial charge in [-0.15, -0.1) is 0 Å². The van der Waals surface area contributed by atoms with Gasteiger partial charge in [-0.3, -0.25) is 0 Å². The minimum atomic E-state index is 0.968. The standard InChI is InChI=1S/C41H27N/c1-2-10-35(11-3-1)42-40-13-7-6-12-38(40)39-26-32(18-21-41(39)42)31-17-20-37-34(24-31)25-33-23-30(16-19-36(33)37)29-15-14-27-8-4-5-9-28(27)22-29/h1-24,26H,25H2. The van der Waals surface area contributed by atoms with Crippen LogP contribution in [0.15, 0.2) is 152 Å². The van der Waals surface area contributed by atoms with Crippen molar-refractivity contribution in [1.82, 2.24) is 4.57 Å². The first kappa shape index (κ1) is 23.3. The molecule has 0 saturated heterocycles. The molecule has 8 aromatic rings. The maximum Gasteiger partial charge on any atom is 0.0541 e. The molecule has 0 spiro atoms. The molecule has 0 atom stereocenters. The number of benzene rings is 7. The minimum absolute atomic E-state index is 0.968. The second-order valence-corrected chi connectivity index (χ2v) is 11.4. The number of nitrogens with zero attached hydrogens (tertiary/aromatic N) is 1. The van der Waals surface area contributed by atoms with Crippen LogP contribution < -0.4 is 0 Å². The topological polar surface area (TPSA) is 4.93 Å². The highest BCUT2D eigenvalue weighted by molar-refractivity contribution is 6.10. The van der Waals surface area contributed by atoms with Crippen molar-refractivity contribution in [3.8, 4) is 39.1 Å². The molecule has 0 saturated carbocycles. The summed E-state index contributed by atoms with van der Waals surface area (Å²) < 4.78 is 2.38. The lowest BCUT2D eigenvalue weighted by Gasteiger charge is -2.09. The van der Waals surface area contributed by atoms with E-state index in [-0.39, 0.29) is 0 Å². The van der Waals surface area contributed by atoms with Crippen LogP contribution in [0.3, 0.4) is 0 Å². The SMILES string of the molecule is c1ccc(-n2c3ccccc3c3cc(-c4ccc5c(c4)Cc4cc(-c6ccc7ccccc7c6)ccc4-5)ccc32)cc1. The maximum atomic E-state index is 2.41. The summed E-state index contributed by atoms with van der Waals surface area (Å²) in [4.78, 5) is 0. The molecule has 1 aliphatic rings. The second-order valence-electron chi connectivity index (χ2n) is 11.4. The van der Waals surface area contributed by atoms with E-state index < -0.39 is 0 Å². The summed E-state index contributed by atoms with van der Waals surface area (Å²) in [5.74, 6) is 0. The maximum absolute atomic E-state index is 2.41. The number of fused-ring (bicyclic) bond motifs is 7. The Hall–Kier alpha value is -5.40. The van der Waals surface area contributed by atoms with Gasteiger partial charge in [-0.05, 0) is 98.1 Å². The van der Waals surface area contributed by atoms with Crippen molar-refractivity contribution in [2.45, 2.75) is 6.42 Å². The fourth-order valence-electron chi connectivity index (χ4n) is 6.95. The van der Waals surface area contributed by atoms with Gasteiger partial charge in [-0.25, -0.2) is 0 Å². The lowest BCUT2D eigenvalue weighted by Crippen LogP contribution is -1.92. The number of aromatic nitrogens is 1. The quantitative estimate of drug-likeness (QED) is 0.213. The third kappa shape index (κ3) is 3.57. The van der Waals surface area contributed by atoms with E-state index in [2.05, 4.69) is 156 Å².